The van der Waals surface area contributed by atoms with E-state index in [0.717, 1.165) is 5.69 Å². The fourth-order valence-corrected chi connectivity index (χ4v) is 2.87. The average molecular weight is 330 g/mol. The van der Waals surface area contributed by atoms with E-state index in [0.29, 0.717) is 23.1 Å². The molecule has 2 amide bonds. The summed E-state index contributed by atoms with van der Waals surface area (Å²) in [6.45, 7) is 2.17. The van der Waals surface area contributed by atoms with Crippen LogP contribution in [0.3, 0.4) is 0 Å². The number of para-hydroxylation sites is 1. The maximum atomic E-state index is 12.4. The highest BCUT2D eigenvalue weighted by Crippen LogP contribution is 2.31. The van der Waals surface area contributed by atoms with Crippen LogP contribution in [0.4, 0.5) is 11.5 Å². The molecule has 1 fully saturated rings. The van der Waals surface area contributed by atoms with E-state index in [4.69, 9.17) is 11.6 Å². The number of nitrogens with one attached hydrogen (secondary N) is 1. The molecule has 2 aromatic rings. The Morgan fingerprint density at radius 2 is 2.04 bits per heavy atom. The Hall–Kier alpha value is -2.40. The van der Waals surface area contributed by atoms with E-state index in [1.54, 1.807) is 29.2 Å². The number of benzene rings is 1. The van der Waals surface area contributed by atoms with Gasteiger partial charge in [0, 0.05) is 18.7 Å². The average Bonchev–Trinajstić information content (AvgIpc) is 2.90. The number of hydrogen-bond donors (Lipinski definition) is 1. The van der Waals surface area contributed by atoms with E-state index >= 15 is 0 Å². The van der Waals surface area contributed by atoms with Gasteiger partial charge in [-0.05, 0) is 31.2 Å². The van der Waals surface area contributed by atoms with Gasteiger partial charge in [-0.1, -0.05) is 29.8 Å². The van der Waals surface area contributed by atoms with Crippen molar-refractivity contribution in [1.82, 2.24) is 4.98 Å². The van der Waals surface area contributed by atoms with E-state index in [1.165, 1.54) is 0 Å². The largest absolute Gasteiger partial charge is 0.310 e. The summed E-state index contributed by atoms with van der Waals surface area (Å²) in [5, 5.41) is 3.27. The molecule has 3 rings (SSSR count). The number of aryl methyl sites for hydroxylation is 1. The van der Waals surface area contributed by atoms with Crippen molar-refractivity contribution >= 4 is 34.9 Å². The van der Waals surface area contributed by atoms with E-state index < -0.39 is 5.92 Å². The van der Waals surface area contributed by atoms with E-state index in [2.05, 4.69) is 10.3 Å². The molecule has 118 valence electrons. The number of amides is 2. The third-order valence-electron chi connectivity index (χ3n) is 3.78. The minimum Gasteiger partial charge on any atom is -0.310 e. The Kier molecular flexibility index (Phi) is 4.30. The molecule has 1 saturated heterocycles. The first-order chi connectivity index (χ1) is 11.0. The van der Waals surface area contributed by atoms with Crippen molar-refractivity contribution in [3.63, 3.8) is 0 Å². The van der Waals surface area contributed by atoms with E-state index in [-0.39, 0.29) is 18.2 Å². The lowest BCUT2D eigenvalue weighted by Gasteiger charge is -2.18. The molecule has 23 heavy (non-hydrogen) atoms. The van der Waals surface area contributed by atoms with Crippen molar-refractivity contribution in [3.05, 3.63) is 53.2 Å². The van der Waals surface area contributed by atoms with Crippen molar-refractivity contribution < 1.29 is 9.59 Å². The Balaban J connectivity index is 1.72. The number of halogens is 1. The third-order valence-corrected chi connectivity index (χ3v) is 4.10. The second-order valence-electron chi connectivity index (χ2n) is 5.51. The van der Waals surface area contributed by atoms with Crippen molar-refractivity contribution in [2.45, 2.75) is 13.3 Å². The molecule has 1 atom stereocenters. The molecule has 0 aliphatic carbocycles. The molecule has 5 nitrogen and oxygen atoms in total. The first kappa shape index (κ1) is 15.5. The summed E-state index contributed by atoms with van der Waals surface area (Å²) >= 11 is 6.14. The Morgan fingerprint density at radius 3 is 2.78 bits per heavy atom. The van der Waals surface area contributed by atoms with Crippen LogP contribution in [0.25, 0.3) is 0 Å². The lowest BCUT2D eigenvalue weighted by Crippen LogP contribution is -2.28. The zero-order valence-electron chi connectivity index (χ0n) is 12.6. The summed E-state index contributed by atoms with van der Waals surface area (Å²) in [6.07, 6.45) is 0.170. The molecule has 1 aromatic carbocycles. The molecule has 0 bridgehead atoms. The lowest BCUT2D eigenvalue weighted by molar-refractivity contribution is -0.122. The molecule has 6 heteroatoms. The number of rotatable bonds is 3. The number of carbonyl (C=O) groups excluding carboxylic acids is 2. The van der Waals surface area contributed by atoms with Gasteiger partial charge in [0.25, 0.3) is 0 Å². The predicted molar refractivity (Wildman–Crippen MR) is 89.5 cm³/mol. The molecule has 1 aliphatic rings. The van der Waals surface area contributed by atoms with Crippen LogP contribution in [0, 0.1) is 12.8 Å². The zero-order chi connectivity index (χ0) is 16.4. The van der Waals surface area contributed by atoms with Crippen LogP contribution in [0.1, 0.15) is 12.1 Å². The van der Waals surface area contributed by atoms with Gasteiger partial charge in [-0.15, -0.1) is 0 Å². The zero-order valence-corrected chi connectivity index (χ0v) is 13.4. The molecule has 1 aromatic heterocycles. The van der Waals surface area contributed by atoms with Crippen molar-refractivity contribution in [1.29, 1.82) is 0 Å². The Morgan fingerprint density at radius 1 is 1.26 bits per heavy atom. The molecule has 0 spiro atoms. The first-order valence-electron chi connectivity index (χ1n) is 7.34. The maximum absolute atomic E-state index is 12.4. The summed E-state index contributed by atoms with van der Waals surface area (Å²) in [5.41, 5.74) is 1.46. The van der Waals surface area contributed by atoms with Crippen molar-refractivity contribution in [2.24, 2.45) is 5.92 Å². The molecule has 0 unspecified atom stereocenters. The number of aromatic nitrogens is 1. The van der Waals surface area contributed by atoms with Crippen molar-refractivity contribution in [2.75, 3.05) is 16.8 Å². The highest BCUT2D eigenvalue weighted by Gasteiger charge is 2.35. The first-order valence-corrected chi connectivity index (χ1v) is 7.72. The standard InChI is InChI=1S/C17H16ClN3O2/c1-11-5-4-8-15(19-11)20-17(23)12-9-16(22)21(10-12)14-7-3-2-6-13(14)18/h2-8,12H,9-10H2,1H3,(H,19,20,23)/t12-/m0/s1. The normalized spacial score (nSPS) is 17.4. The summed E-state index contributed by atoms with van der Waals surface area (Å²) < 4.78 is 0. The number of nitrogens with zero attached hydrogens (tertiary/aromatic N) is 2. The number of anilines is 2. The molecular weight excluding hydrogens is 314 g/mol. The van der Waals surface area contributed by atoms with Gasteiger partial charge < -0.3 is 10.2 Å². The van der Waals surface area contributed by atoms with Crippen LogP contribution in [0.2, 0.25) is 5.02 Å². The highest BCUT2D eigenvalue weighted by molar-refractivity contribution is 6.33. The topological polar surface area (TPSA) is 62.3 Å². The maximum Gasteiger partial charge on any atom is 0.230 e. The summed E-state index contributed by atoms with van der Waals surface area (Å²) in [7, 11) is 0. The van der Waals surface area contributed by atoms with Crippen molar-refractivity contribution in [3.8, 4) is 0 Å². The van der Waals surface area contributed by atoms with Crippen LogP contribution in [-0.2, 0) is 9.59 Å². The van der Waals surface area contributed by atoms with Gasteiger partial charge in [0.15, 0.2) is 0 Å². The molecular formula is C17H16ClN3O2. The Bertz CT molecular complexity index is 763. The van der Waals surface area contributed by atoms with E-state index in [1.807, 2.05) is 25.1 Å². The number of hydrogen-bond acceptors (Lipinski definition) is 3. The fraction of sp³-hybridized carbons (Fsp3) is 0.235. The van der Waals surface area contributed by atoms with Crippen LogP contribution in [0.15, 0.2) is 42.5 Å². The second kappa shape index (κ2) is 6.38. The minimum atomic E-state index is -0.416. The summed E-state index contributed by atoms with van der Waals surface area (Å²) in [4.78, 5) is 30.4. The van der Waals surface area contributed by atoms with Gasteiger partial charge in [-0.25, -0.2) is 4.98 Å². The highest BCUT2D eigenvalue weighted by atomic mass is 35.5. The van der Waals surface area contributed by atoms with Crippen LogP contribution >= 0.6 is 11.6 Å². The van der Waals surface area contributed by atoms with Gasteiger partial charge in [-0.3, -0.25) is 9.59 Å². The SMILES string of the molecule is Cc1cccc(NC(=O)[C@H]2CC(=O)N(c3ccccc3Cl)C2)n1. The quantitative estimate of drug-likeness (QED) is 0.941. The summed E-state index contributed by atoms with van der Waals surface area (Å²) in [6, 6.07) is 12.5. The molecule has 0 saturated carbocycles. The number of carbonyl (C=O) groups is 2. The lowest BCUT2D eigenvalue weighted by atomic mass is 10.1. The van der Waals surface area contributed by atoms with Crippen LogP contribution in [0.5, 0.6) is 0 Å². The van der Waals surface area contributed by atoms with Crippen LogP contribution in [-0.4, -0.2) is 23.3 Å². The minimum absolute atomic E-state index is 0.101. The van der Waals surface area contributed by atoms with Gasteiger partial charge in [0.1, 0.15) is 5.82 Å². The third kappa shape index (κ3) is 3.35. The van der Waals surface area contributed by atoms with Gasteiger partial charge in [-0.2, -0.15) is 0 Å². The molecule has 2 heterocycles. The predicted octanol–water partition coefficient (Wildman–Crippen LogP) is 3.04. The molecule has 1 N–H and O–H groups in total. The smallest absolute Gasteiger partial charge is 0.230 e. The van der Waals surface area contributed by atoms with Gasteiger partial charge in [0.05, 0.1) is 16.6 Å². The second-order valence-corrected chi connectivity index (χ2v) is 5.92. The Labute approximate surface area is 139 Å². The van der Waals surface area contributed by atoms with Crippen LogP contribution < -0.4 is 10.2 Å². The number of pyridine rings is 1. The van der Waals surface area contributed by atoms with E-state index in [9.17, 15) is 9.59 Å². The summed E-state index contributed by atoms with van der Waals surface area (Å²) in [5.74, 6) is -0.221. The molecule has 1 aliphatic heterocycles. The van der Waals surface area contributed by atoms with Gasteiger partial charge >= 0.3 is 0 Å². The molecule has 0 radical (unpaired) electrons. The monoisotopic (exact) mass is 329 g/mol. The fourth-order valence-electron chi connectivity index (χ4n) is 2.63. The van der Waals surface area contributed by atoms with Gasteiger partial charge in [0.2, 0.25) is 11.8 Å².